The van der Waals surface area contributed by atoms with E-state index >= 15 is 0 Å². The van der Waals surface area contributed by atoms with Crippen molar-refractivity contribution in [2.24, 2.45) is 5.92 Å². The van der Waals surface area contributed by atoms with Gasteiger partial charge in [-0.15, -0.1) is 0 Å². The number of likely N-dealkylation sites (tertiary alicyclic amines) is 1. The first-order valence-corrected chi connectivity index (χ1v) is 3.84. The van der Waals surface area contributed by atoms with E-state index in [1.54, 1.807) is 0 Å². The third-order valence-corrected chi connectivity index (χ3v) is 2.34. The SMILES string of the molecule is CN1CC[C@@H](CO)[C@H]1C(F)(F)F. The molecular formula is C7H12F3NO. The lowest BCUT2D eigenvalue weighted by molar-refractivity contribution is -0.184. The molecule has 0 aliphatic carbocycles. The molecule has 0 radical (unpaired) electrons. The number of hydrogen-bond acceptors (Lipinski definition) is 2. The van der Waals surface area contributed by atoms with Crippen molar-refractivity contribution in [2.45, 2.75) is 18.6 Å². The van der Waals surface area contributed by atoms with Gasteiger partial charge in [-0.3, -0.25) is 4.90 Å². The largest absolute Gasteiger partial charge is 0.404 e. The van der Waals surface area contributed by atoms with E-state index in [1.807, 2.05) is 0 Å². The molecule has 1 fully saturated rings. The smallest absolute Gasteiger partial charge is 0.396 e. The van der Waals surface area contributed by atoms with Gasteiger partial charge in [-0.25, -0.2) is 0 Å². The lowest BCUT2D eigenvalue weighted by Crippen LogP contribution is -2.43. The van der Waals surface area contributed by atoms with Crippen LogP contribution in [0.25, 0.3) is 0 Å². The summed E-state index contributed by atoms with van der Waals surface area (Å²) in [5, 5.41) is 8.69. The molecule has 2 nitrogen and oxygen atoms in total. The normalized spacial score (nSPS) is 32.8. The molecule has 1 N–H and O–H groups in total. The third-order valence-electron chi connectivity index (χ3n) is 2.34. The Labute approximate surface area is 69.0 Å². The molecule has 5 heteroatoms. The van der Waals surface area contributed by atoms with Gasteiger partial charge in [-0.05, 0) is 20.0 Å². The predicted octanol–water partition coefficient (Wildman–Crippen LogP) is 0.861. The Morgan fingerprint density at radius 1 is 1.50 bits per heavy atom. The molecule has 0 aromatic rings. The Morgan fingerprint density at radius 2 is 2.08 bits per heavy atom. The fraction of sp³-hybridized carbons (Fsp3) is 1.00. The molecule has 0 amide bonds. The van der Waals surface area contributed by atoms with Crippen LogP contribution in [0.5, 0.6) is 0 Å². The maximum absolute atomic E-state index is 12.3. The van der Waals surface area contributed by atoms with Crippen LogP contribution in [0.4, 0.5) is 13.2 Å². The van der Waals surface area contributed by atoms with E-state index < -0.39 is 18.1 Å². The Bertz CT molecular complexity index is 159. The summed E-state index contributed by atoms with van der Waals surface area (Å²) < 4.78 is 36.9. The first-order chi connectivity index (χ1) is 5.46. The van der Waals surface area contributed by atoms with Crippen molar-refractivity contribution >= 4 is 0 Å². The zero-order valence-corrected chi connectivity index (χ0v) is 6.80. The van der Waals surface area contributed by atoms with E-state index in [0.29, 0.717) is 13.0 Å². The van der Waals surface area contributed by atoms with E-state index in [1.165, 1.54) is 11.9 Å². The number of halogens is 3. The first kappa shape index (κ1) is 9.80. The molecule has 72 valence electrons. The quantitative estimate of drug-likeness (QED) is 0.651. The number of nitrogens with zero attached hydrogens (tertiary/aromatic N) is 1. The van der Waals surface area contributed by atoms with E-state index in [0.717, 1.165) is 0 Å². The van der Waals surface area contributed by atoms with Crippen LogP contribution in [0.15, 0.2) is 0 Å². The average molecular weight is 183 g/mol. The van der Waals surface area contributed by atoms with Crippen molar-refractivity contribution in [3.63, 3.8) is 0 Å². The monoisotopic (exact) mass is 183 g/mol. The number of aliphatic hydroxyl groups excluding tert-OH is 1. The number of rotatable bonds is 1. The van der Waals surface area contributed by atoms with E-state index in [2.05, 4.69) is 0 Å². The van der Waals surface area contributed by atoms with Crippen molar-refractivity contribution in [1.82, 2.24) is 4.90 Å². The lowest BCUT2D eigenvalue weighted by Gasteiger charge is -2.26. The topological polar surface area (TPSA) is 23.5 Å². The van der Waals surface area contributed by atoms with Crippen LogP contribution in [-0.2, 0) is 0 Å². The molecule has 1 saturated heterocycles. The first-order valence-electron chi connectivity index (χ1n) is 3.84. The van der Waals surface area contributed by atoms with Gasteiger partial charge in [0, 0.05) is 12.5 Å². The second kappa shape index (κ2) is 3.22. The van der Waals surface area contributed by atoms with Gasteiger partial charge in [0.2, 0.25) is 0 Å². The molecule has 1 aliphatic heterocycles. The Hall–Kier alpha value is -0.290. The van der Waals surface area contributed by atoms with Crippen molar-refractivity contribution in [1.29, 1.82) is 0 Å². The zero-order valence-electron chi connectivity index (χ0n) is 6.80. The Balaban J connectivity index is 2.70. The third kappa shape index (κ3) is 1.72. The second-order valence-corrected chi connectivity index (χ2v) is 3.20. The lowest BCUT2D eigenvalue weighted by atomic mass is 10.0. The van der Waals surface area contributed by atoms with E-state index in [4.69, 9.17) is 5.11 Å². The van der Waals surface area contributed by atoms with Gasteiger partial charge in [0.15, 0.2) is 0 Å². The van der Waals surface area contributed by atoms with Gasteiger partial charge in [-0.2, -0.15) is 13.2 Å². The summed E-state index contributed by atoms with van der Waals surface area (Å²) >= 11 is 0. The molecule has 1 rings (SSSR count). The molecule has 0 aromatic heterocycles. The van der Waals surface area contributed by atoms with Crippen molar-refractivity contribution in [3.8, 4) is 0 Å². The van der Waals surface area contributed by atoms with Gasteiger partial charge in [-0.1, -0.05) is 0 Å². The number of alkyl halides is 3. The molecule has 12 heavy (non-hydrogen) atoms. The van der Waals surface area contributed by atoms with Crippen molar-refractivity contribution in [2.75, 3.05) is 20.2 Å². The summed E-state index contributed by atoms with van der Waals surface area (Å²) in [6, 6.07) is -1.46. The van der Waals surface area contributed by atoms with Crippen molar-refractivity contribution in [3.05, 3.63) is 0 Å². The van der Waals surface area contributed by atoms with Crippen LogP contribution < -0.4 is 0 Å². The minimum absolute atomic E-state index is 0.380. The Morgan fingerprint density at radius 3 is 2.42 bits per heavy atom. The molecule has 2 atom stereocenters. The highest BCUT2D eigenvalue weighted by atomic mass is 19.4. The van der Waals surface area contributed by atoms with Gasteiger partial charge in [0.05, 0.1) is 0 Å². The molecule has 1 heterocycles. The van der Waals surface area contributed by atoms with E-state index in [9.17, 15) is 13.2 Å². The number of aliphatic hydroxyl groups is 1. The highest BCUT2D eigenvalue weighted by Crippen LogP contribution is 2.35. The summed E-state index contributed by atoms with van der Waals surface area (Å²) in [5.41, 5.74) is 0. The summed E-state index contributed by atoms with van der Waals surface area (Å²) in [5.74, 6) is -0.644. The molecular weight excluding hydrogens is 171 g/mol. The summed E-state index contributed by atoms with van der Waals surface area (Å²) in [4.78, 5) is 1.25. The molecule has 0 unspecified atom stereocenters. The number of hydrogen-bond donors (Lipinski definition) is 1. The van der Waals surface area contributed by atoms with Gasteiger partial charge in [0.25, 0.3) is 0 Å². The highest BCUT2D eigenvalue weighted by molar-refractivity contribution is 4.89. The summed E-state index contributed by atoms with van der Waals surface area (Å²) in [6.07, 6.45) is -3.78. The molecule has 0 bridgehead atoms. The molecule has 0 spiro atoms. The van der Waals surface area contributed by atoms with Crippen LogP contribution in [0, 0.1) is 5.92 Å². The Kier molecular flexibility index (Phi) is 2.63. The van der Waals surface area contributed by atoms with Crippen LogP contribution in [0.3, 0.4) is 0 Å². The van der Waals surface area contributed by atoms with Gasteiger partial charge < -0.3 is 5.11 Å². The second-order valence-electron chi connectivity index (χ2n) is 3.20. The highest BCUT2D eigenvalue weighted by Gasteiger charge is 2.49. The fourth-order valence-corrected chi connectivity index (χ4v) is 1.73. The maximum Gasteiger partial charge on any atom is 0.404 e. The van der Waals surface area contributed by atoms with Gasteiger partial charge >= 0.3 is 6.18 Å². The summed E-state index contributed by atoms with van der Waals surface area (Å²) in [6.45, 7) is 0.0317. The van der Waals surface area contributed by atoms with Crippen LogP contribution in [0.1, 0.15) is 6.42 Å². The predicted molar refractivity (Wildman–Crippen MR) is 37.7 cm³/mol. The maximum atomic E-state index is 12.3. The molecule has 1 aliphatic rings. The fourth-order valence-electron chi connectivity index (χ4n) is 1.73. The van der Waals surface area contributed by atoms with Crippen molar-refractivity contribution < 1.29 is 18.3 Å². The minimum atomic E-state index is -4.21. The van der Waals surface area contributed by atoms with Crippen LogP contribution in [-0.4, -0.2) is 42.4 Å². The van der Waals surface area contributed by atoms with Gasteiger partial charge in [0.1, 0.15) is 6.04 Å². The zero-order chi connectivity index (χ0) is 9.35. The van der Waals surface area contributed by atoms with E-state index in [-0.39, 0.29) is 6.61 Å². The summed E-state index contributed by atoms with van der Waals surface area (Å²) in [7, 11) is 1.44. The molecule has 0 aromatic carbocycles. The average Bonchev–Trinajstić information content (AvgIpc) is 2.29. The molecule has 0 saturated carbocycles. The minimum Gasteiger partial charge on any atom is -0.396 e. The standard InChI is InChI=1S/C7H12F3NO/c1-11-3-2-5(4-12)6(11)7(8,9)10/h5-6,12H,2-4H2,1H3/t5-,6-/m0/s1. The van der Waals surface area contributed by atoms with Crippen LogP contribution in [0.2, 0.25) is 0 Å². The van der Waals surface area contributed by atoms with Crippen LogP contribution >= 0.6 is 0 Å².